The van der Waals surface area contributed by atoms with Crippen molar-refractivity contribution in [1.29, 1.82) is 0 Å². The summed E-state index contributed by atoms with van der Waals surface area (Å²) in [5.74, 6) is 0.654. The Morgan fingerprint density at radius 2 is 2.07 bits per heavy atom. The van der Waals surface area contributed by atoms with Gasteiger partial charge in [-0.15, -0.1) is 0 Å². The summed E-state index contributed by atoms with van der Waals surface area (Å²) >= 11 is 0. The van der Waals surface area contributed by atoms with Crippen LogP contribution in [-0.4, -0.2) is 19.3 Å². The summed E-state index contributed by atoms with van der Waals surface area (Å²) in [4.78, 5) is 0. The molecule has 0 N–H and O–H groups in total. The monoisotopic (exact) mass is 212 g/mol. The van der Waals surface area contributed by atoms with Gasteiger partial charge in [0.1, 0.15) is 0 Å². The molecule has 1 rings (SSSR count). The van der Waals surface area contributed by atoms with E-state index in [0.717, 1.165) is 19.6 Å². The average Bonchev–Trinajstić information content (AvgIpc) is 2.13. The Labute approximate surface area is 93.7 Å². The van der Waals surface area contributed by atoms with Gasteiger partial charge in [-0.2, -0.15) is 0 Å². The first kappa shape index (κ1) is 12.6. The molecule has 1 heterocycles. The Balaban J connectivity index is 2.34. The van der Waals surface area contributed by atoms with E-state index in [1.807, 2.05) is 6.26 Å². The molecule has 1 saturated heterocycles. The summed E-state index contributed by atoms with van der Waals surface area (Å²) in [6.07, 6.45) is 7.09. The topological polar surface area (TPSA) is 18.5 Å². The smallest absolute Gasteiger partial charge is 0.0979 e. The standard InChI is InChI=1S/C13H24O2/c1-11(2)10-15-12(3)13-6-4-5-8-14-9-7-13/h10,12-13H,4-9H2,1-3H3. The van der Waals surface area contributed by atoms with E-state index in [4.69, 9.17) is 9.47 Å². The lowest BCUT2D eigenvalue weighted by atomic mass is 9.93. The zero-order chi connectivity index (χ0) is 11.1. The van der Waals surface area contributed by atoms with Crippen LogP contribution in [0.3, 0.4) is 0 Å². The van der Waals surface area contributed by atoms with Crippen molar-refractivity contribution in [3.05, 3.63) is 11.8 Å². The molecule has 2 atom stereocenters. The molecule has 15 heavy (non-hydrogen) atoms. The van der Waals surface area contributed by atoms with Gasteiger partial charge in [-0.1, -0.05) is 6.42 Å². The SMILES string of the molecule is CC(C)=COC(C)C1CCCCOCC1. The van der Waals surface area contributed by atoms with Crippen molar-refractivity contribution in [3.8, 4) is 0 Å². The van der Waals surface area contributed by atoms with Crippen LogP contribution in [0.4, 0.5) is 0 Å². The fraction of sp³-hybridized carbons (Fsp3) is 0.846. The van der Waals surface area contributed by atoms with E-state index in [0.29, 0.717) is 12.0 Å². The first-order valence-corrected chi connectivity index (χ1v) is 6.06. The normalized spacial score (nSPS) is 24.9. The maximum absolute atomic E-state index is 5.72. The molecule has 0 aliphatic carbocycles. The molecule has 0 bridgehead atoms. The lowest BCUT2D eigenvalue weighted by Gasteiger charge is -2.25. The third kappa shape index (κ3) is 5.22. The van der Waals surface area contributed by atoms with Gasteiger partial charge >= 0.3 is 0 Å². The first-order valence-electron chi connectivity index (χ1n) is 6.06. The molecule has 88 valence electrons. The van der Waals surface area contributed by atoms with Crippen LogP contribution < -0.4 is 0 Å². The molecule has 2 heteroatoms. The highest BCUT2D eigenvalue weighted by molar-refractivity contribution is 4.87. The molecule has 0 radical (unpaired) electrons. The molecule has 0 spiro atoms. The predicted molar refractivity (Wildman–Crippen MR) is 62.8 cm³/mol. The van der Waals surface area contributed by atoms with Crippen molar-refractivity contribution in [2.45, 2.75) is 52.6 Å². The second-order valence-electron chi connectivity index (χ2n) is 4.69. The van der Waals surface area contributed by atoms with Crippen LogP contribution in [0.15, 0.2) is 11.8 Å². The van der Waals surface area contributed by atoms with E-state index in [1.165, 1.54) is 24.8 Å². The molecule has 2 nitrogen and oxygen atoms in total. The molecule has 0 aromatic carbocycles. The van der Waals surface area contributed by atoms with Crippen LogP contribution in [0.2, 0.25) is 0 Å². The lowest BCUT2D eigenvalue weighted by Crippen LogP contribution is -2.22. The maximum Gasteiger partial charge on any atom is 0.0979 e. The van der Waals surface area contributed by atoms with Crippen LogP contribution >= 0.6 is 0 Å². The fourth-order valence-electron chi connectivity index (χ4n) is 1.92. The van der Waals surface area contributed by atoms with E-state index in [-0.39, 0.29) is 0 Å². The molecule has 1 aliphatic rings. The Bertz CT molecular complexity index is 187. The largest absolute Gasteiger partial charge is 0.498 e. The van der Waals surface area contributed by atoms with Crippen LogP contribution in [0.5, 0.6) is 0 Å². The average molecular weight is 212 g/mol. The van der Waals surface area contributed by atoms with Gasteiger partial charge in [0.2, 0.25) is 0 Å². The molecule has 0 aromatic heterocycles. The highest BCUT2D eigenvalue weighted by atomic mass is 16.5. The summed E-state index contributed by atoms with van der Waals surface area (Å²) in [6.45, 7) is 8.14. The van der Waals surface area contributed by atoms with E-state index in [1.54, 1.807) is 0 Å². The first-order chi connectivity index (χ1) is 7.20. The summed E-state index contributed by atoms with van der Waals surface area (Å²) in [5.41, 5.74) is 1.23. The molecule has 2 unspecified atom stereocenters. The second-order valence-corrected chi connectivity index (χ2v) is 4.69. The van der Waals surface area contributed by atoms with E-state index >= 15 is 0 Å². The third-order valence-corrected chi connectivity index (χ3v) is 2.93. The highest BCUT2D eigenvalue weighted by Gasteiger charge is 2.18. The molecular weight excluding hydrogens is 188 g/mol. The van der Waals surface area contributed by atoms with Crippen LogP contribution in [-0.2, 0) is 9.47 Å². The minimum Gasteiger partial charge on any atom is -0.498 e. The van der Waals surface area contributed by atoms with Gasteiger partial charge in [-0.25, -0.2) is 0 Å². The van der Waals surface area contributed by atoms with Crippen LogP contribution in [0, 0.1) is 5.92 Å². The van der Waals surface area contributed by atoms with Gasteiger partial charge in [-0.05, 0) is 51.5 Å². The number of rotatable bonds is 3. The fourth-order valence-corrected chi connectivity index (χ4v) is 1.92. The lowest BCUT2D eigenvalue weighted by molar-refractivity contribution is 0.0438. The Morgan fingerprint density at radius 1 is 1.27 bits per heavy atom. The van der Waals surface area contributed by atoms with Crippen LogP contribution in [0.1, 0.15) is 46.5 Å². The number of hydrogen-bond donors (Lipinski definition) is 0. The van der Waals surface area contributed by atoms with E-state index in [2.05, 4.69) is 20.8 Å². The molecular formula is C13H24O2. The minimum atomic E-state index is 0.321. The molecule has 1 aliphatic heterocycles. The van der Waals surface area contributed by atoms with Gasteiger partial charge in [0.25, 0.3) is 0 Å². The third-order valence-electron chi connectivity index (χ3n) is 2.93. The predicted octanol–water partition coefficient (Wildman–Crippen LogP) is 3.52. The number of ether oxygens (including phenoxy) is 2. The number of allylic oxidation sites excluding steroid dienone is 1. The van der Waals surface area contributed by atoms with Crippen molar-refractivity contribution in [2.24, 2.45) is 5.92 Å². The molecule has 0 amide bonds. The summed E-state index contributed by atoms with van der Waals surface area (Å²) < 4.78 is 11.2. The quantitative estimate of drug-likeness (QED) is 0.666. The van der Waals surface area contributed by atoms with Gasteiger partial charge in [0, 0.05) is 13.2 Å². The van der Waals surface area contributed by atoms with Gasteiger partial charge < -0.3 is 9.47 Å². The highest BCUT2D eigenvalue weighted by Crippen LogP contribution is 2.22. The van der Waals surface area contributed by atoms with Crippen molar-refractivity contribution in [2.75, 3.05) is 13.2 Å². The van der Waals surface area contributed by atoms with Crippen LogP contribution in [0.25, 0.3) is 0 Å². The Hall–Kier alpha value is -0.500. The Kier molecular flexibility index (Phi) is 5.77. The minimum absolute atomic E-state index is 0.321. The van der Waals surface area contributed by atoms with Gasteiger partial charge in [0.15, 0.2) is 0 Å². The number of hydrogen-bond acceptors (Lipinski definition) is 2. The molecule has 0 saturated carbocycles. The van der Waals surface area contributed by atoms with Crippen molar-refractivity contribution < 1.29 is 9.47 Å². The zero-order valence-corrected chi connectivity index (χ0v) is 10.3. The zero-order valence-electron chi connectivity index (χ0n) is 10.3. The van der Waals surface area contributed by atoms with Gasteiger partial charge in [-0.3, -0.25) is 0 Å². The van der Waals surface area contributed by atoms with Crippen molar-refractivity contribution in [1.82, 2.24) is 0 Å². The summed E-state index contributed by atoms with van der Waals surface area (Å²) in [7, 11) is 0. The second kappa shape index (κ2) is 6.89. The summed E-state index contributed by atoms with van der Waals surface area (Å²) in [5, 5.41) is 0. The van der Waals surface area contributed by atoms with Gasteiger partial charge in [0.05, 0.1) is 12.4 Å². The Morgan fingerprint density at radius 3 is 2.80 bits per heavy atom. The summed E-state index contributed by atoms with van der Waals surface area (Å²) in [6, 6.07) is 0. The van der Waals surface area contributed by atoms with E-state index in [9.17, 15) is 0 Å². The van der Waals surface area contributed by atoms with E-state index < -0.39 is 0 Å². The molecule has 1 fully saturated rings. The van der Waals surface area contributed by atoms with Crippen molar-refractivity contribution in [3.63, 3.8) is 0 Å². The maximum atomic E-state index is 5.72. The van der Waals surface area contributed by atoms with Crippen molar-refractivity contribution >= 4 is 0 Å². The molecule has 0 aromatic rings.